The zero-order chi connectivity index (χ0) is 12.8. The van der Waals surface area contributed by atoms with Crippen molar-refractivity contribution in [2.45, 2.75) is 17.9 Å². The molecule has 0 bridgehead atoms. The normalized spacial score (nSPS) is 11.7. The number of hydrogen-bond donors (Lipinski definition) is 1. The number of hydrogen-bond acceptors (Lipinski definition) is 4. The van der Waals surface area contributed by atoms with Crippen LogP contribution in [0.4, 0.5) is 0 Å². The smallest absolute Gasteiger partial charge is 0.328 e. The van der Waals surface area contributed by atoms with Gasteiger partial charge in [0.05, 0.1) is 7.11 Å². The van der Waals surface area contributed by atoms with Crippen LogP contribution in [0.5, 0.6) is 0 Å². The Morgan fingerprint density at radius 3 is 2.35 bits per heavy atom. The van der Waals surface area contributed by atoms with Gasteiger partial charge < -0.3 is 10.1 Å². The zero-order valence-corrected chi connectivity index (χ0v) is 10.8. The highest BCUT2D eigenvalue weighted by atomic mass is 32.2. The molecule has 1 N–H and O–H groups in total. The monoisotopic (exact) mass is 253 g/mol. The average molecular weight is 253 g/mol. The van der Waals surface area contributed by atoms with Gasteiger partial charge in [0.15, 0.2) is 0 Å². The molecule has 0 spiro atoms. The molecule has 0 aromatic heterocycles. The lowest BCUT2D eigenvalue weighted by Gasteiger charge is -2.11. The number of rotatable bonds is 4. The number of carbonyl (C=O) groups is 2. The van der Waals surface area contributed by atoms with Crippen LogP contribution < -0.4 is 5.32 Å². The second kappa shape index (κ2) is 6.30. The van der Waals surface area contributed by atoms with Crippen molar-refractivity contribution in [2.75, 3.05) is 13.4 Å². The van der Waals surface area contributed by atoms with Crippen LogP contribution >= 0.6 is 11.8 Å². The molecule has 1 atom stereocenters. The van der Waals surface area contributed by atoms with E-state index >= 15 is 0 Å². The van der Waals surface area contributed by atoms with Crippen LogP contribution in [0.15, 0.2) is 29.2 Å². The molecule has 0 radical (unpaired) electrons. The van der Waals surface area contributed by atoms with Crippen molar-refractivity contribution in [3.8, 4) is 0 Å². The molecular weight excluding hydrogens is 238 g/mol. The van der Waals surface area contributed by atoms with E-state index in [2.05, 4.69) is 10.1 Å². The van der Waals surface area contributed by atoms with Crippen LogP contribution in [0.2, 0.25) is 0 Å². The third kappa shape index (κ3) is 3.78. The largest absolute Gasteiger partial charge is 0.467 e. The van der Waals surface area contributed by atoms with Gasteiger partial charge in [-0.05, 0) is 37.4 Å². The minimum Gasteiger partial charge on any atom is -0.467 e. The van der Waals surface area contributed by atoms with Gasteiger partial charge in [0.1, 0.15) is 6.04 Å². The van der Waals surface area contributed by atoms with Crippen LogP contribution in [0.3, 0.4) is 0 Å². The predicted molar refractivity (Wildman–Crippen MR) is 67.2 cm³/mol. The minimum absolute atomic E-state index is 0.282. The molecule has 5 heteroatoms. The number of carbonyl (C=O) groups excluding carboxylic acids is 2. The predicted octanol–water partition coefficient (Wildman–Crippen LogP) is 1.70. The second-order valence-corrected chi connectivity index (χ2v) is 4.33. The molecule has 1 aromatic carbocycles. The molecule has 0 fully saturated rings. The molecule has 4 nitrogen and oxygen atoms in total. The van der Waals surface area contributed by atoms with Gasteiger partial charge in [-0.3, -0.25) is 4.79 Å². The molecule has 0 aliphatic heterocycles. The Labute approximate surface area is 105 Å². The number of esters is 1. The Morgan fingerprint density at radius 1 is 1.29 bits per heavy atom. The fraction of sp³-hybridized carbons (Fsp3) is 0.333. The van der Waals surface area contributed by atoms with Crippen molar-refractivity contribution >= 4 is 23.6 Å². The molecule has 92 valence electrons. The maximum atomic E-state index is 11.7. The first kappa shape index (κ1) is 13.6. The molecule has 1 rings (SSSR count). The quantitative estimate of drug-likeness (QED) is 0.655. The van der Waals surface area contributed by atoms with Crippen molar-refractivity contribution in [2.24, 2.45) is 0 Å². The summed E-state index contributed by atoms with van der Waals surface area (Å²) < 4.78 is 4.53. The number of nitrogens with one attached hydrogen (secondary N) is 1. The summed E-state index contributed by atoms with van der Waals surface area (Å²) in [6.07, 6.45) is 1.97. The van der Waals surface area contributed by atoms with Crippen LogP contribution in [0.1, 0.15) is 17.3 Å². The third-order valence-corrected chi connectivity index (χ3v) is 3.00. The molecule has 0 heterocycles. The van der Waals surface area contributed by atoms with Crippen LogP contribution in [0, 0.1) is 0 Å². The number of amides is 1. The van der Waals surface area contributed by atoms with Crippen molar-refractivity contribution < 1.29 is 14.3 Å². The summed E-state index contributed by atoms with van der Waals surface area (Å²) in [5.74, 6) is -0.741. The van der Waals surface area contributed by atoms with Crippen molar-refractivity contribution in [1.82, 2.24) is 5.32 Å². The summed E-state index contributed by atoms with van der Waals surface area (Å²) in [6, 6.07) is 6.54. The van der Waals surface area contributed by atoms with Crippen molar-refractivity contribution in [3.63, 3.8) is 0 Å². The lowest BCUT2D eigenvalue weighted by atomic mass is 10.2. The van der Waals surface area contributed by atoms with E-state index in [1.165, 1.54) is 7.11 Å². The molecule has 1 aromatic rings. The topological polar surface area (TPSA) is 55.4 Å². The number of thioether (sulfide) groups is 1. The van der Waals surface area contributed by atoms with Gasteiger partial charge in [0.2, 0.25) is 0 Å². The van der Waals surface area contributed by atoms with E-state index in [1.807, 2.05) is 18.4 Å². The standard InChI is InChI=1S/C12H15NO3S/c1-8(12(15)16-2)13-11(14)9-4-6-10(17-3)7-5-9/h4-8H,1-3H3,(H,13,14). The molecule has 0 aliphatic rings. The summed E-state index contributed by atoms with van der Waals surface area (Å²) >= 11 is 1.61. The summed E-state index contributed by atoms with van der Waals surface area (Å²) in [5.41, 5.74) is 0.526. The highest BCUT2D eigenvalue weighted by molar-refractivity contribution is 7.98. The Hall–Kier alpha value is -1.49. The molecule has 0 aliphatic carbocycles. The van der Waals surface area contributed by atoms with E-state index in [-0.39, 0.29) is 5.91 Å². The van der Waals surface area contributed by atoms with E-state index in [1.54, 1.807) is 30.8 Å². The molecule has 1 amide bonds. The summed E-state index contributed by atoms with van der Waals surface area (Å²) in [7, 11) is 1.29. The maximum absolute atomic E-state index is 11.7. The molecular formula is C12H15NO3S. The van der Waals surface area contributed by atoms with Gasteiger partial charge >= 0.3 is 5.97 Å². The summed E-state index contributed by atoms with van der Waals surface area (Å²) in [5, 5.41) is 2.56. The van der Waals surface area contributed by atoms with Crippen LogP contribution in [-0.4, -0.2) is 31.3 Å². The highest BCUT2D eigenvalue weighted by Crippen LogP contribution is 2.14. The number of methoxy groups -OCH3 is 1. The summed E-state index contributed by atoms with van der Waals surface area (Å²) in [6.45, 7) is 1.58. The third-order valence-electron chi connectivity index (χ3n) is 2.25. The number of ether oxygens (including phenoxy) is 1. The highest BCUT2D eigenvalue weighted by Gasteiger charge is 2.16. The van der Waals surface area contributed by atoms with E-state index < -0.39 is 12.0 Å². The first-order valence-electron chi connectivity index (χ1n) is 5.11. The van der Waals surface area contributed by atoms with Gasteiger partial charge in [-0.25, -0.2) is 4.79 Å². The van der Waals surface area contributed by atoms with Crippen LogP contribution in [-0.2, 0) is 9.53 Å². The maximum Gasteiger partial charge on any atom is 0.328 e. The first-order chi connectivity index (χ1) is 8.08. The average Bonchev–Trinajstić information content (AvgIpc) is 2.37. The molecule has 0 saturated heterocycles. The van der Waals surface area contributed by atoms with Gasteiger partial charge in [-0.15, -0.1) is 11.8 Å². The molecule has 17 heavy (non-hydrogen) atoms. The van der Waals surface area contributed by atoms with E-state index in [4.69, 9.17) is 0 Å². The van der Waals surface area contributed by atoms with Gasteiger partial charge in [-0.2, -0.15) is 0 Å². The Kier molecular flexibility index (Phi) is 5.03. The fourth-order valence-electron chi connectivity index (χ4n) is 1.26. The lowest BCUT2D eigenvalue weighted by Crippen LogP contribution is -2.39. The first-order valence-corrected chi connectivity index (χ1v) is 6.33. The Bertz CT molecular complexity index is 403. The Morgan fingerprint density at radius 2 is 1.88 bits per heavy atom. The fourth-order valence-corrected chi connectivity index (χ4v) is 1.67. The van der Waals surface area contributed by atoms with E-state index in [0.29, 0.717) is 5.56 Å². The van der Waals surface area contributed by atoms with Gasteiger partial charge in [0.25, 0.3) is 5.91 Å². The minimum atomic E-state index is -0.646. The SMILES string of the molecule is COC(=O)C(C)NC(=O)c1ccc(SC)cc1. The van der Waals surface area contributed by atoms with Crippen molar-refractivity contribution in [3.05, 3.63) is 29.8 Å². The lowest BCUT2D eigenvalue weighted by molar-refractivity contribution is -0.142. The zero-order valence-electron chi connectivity index (χ0n) is 10.0. The molecule has 1 unspecified atom stereocenters. The van der Waals surface area contributed by atoms with E-state index in [9.17, 15) is 9.59 Å². The summed E-state index contributed by atoms with van der Waals surface area (Å²) in [4.78, 5) is 24.0. The molecule has 0 saturated carbocycles. The second-order valence-electron chi connectivity index (χ2n) is 3.45. The Balaban J connectivity index is 2.66. The van der Waals surface area contributed by atoms with E-state index in [0.717, 1.165) is 4.90 Å². The number of benzene rings is 1. The van der Waals surface area contributed by atoms with Gasteiger partial charge in [0, 0.05) is 10.5 Å². The van der Waals surface area contributed by atoms with Crippen LogP contribution in [0.25, 0.3) is 0 Å². The van der Waals surface area contributed by atoms with Gasteiger partial charge in [-0.1, -0.05) is 0 Å². The van der Waals surface area contributed by atoms with Crippen molar-refractivity contribution in [1.29, 1.82) is 0 Å².